The van der Waals surface area contributed by atoms with Crippen LogP contribution in [0.2, 0.25) is 0 Å². The van der Waals surface area contributed by atoms with Crippen molar-refractivity contribution < 1.29 is 19.8 Å². The molecule has 106 valence electrons. The van der Waals surface area contributed by atoms with Crippen molar-refractivity contribution in [3.8, 4) is 6.07 Å². The fraction of sp³-hybridized carbons (Fsp3) is 0.769. The molecule has 2 unspecified atom stereocenters. The molecule has 1 aliphatic rings. The molecule has 0 aromatic rings. The van der Waals surface area contributed by atoms with Crippen LogP contribution in [-0.4, -0.2) is 46.7 Å². The van der Waals surface area contributed by atoms with Gasteiger partial charge in [-0.25, -0.2) is 0 Å². The fourth-order valence-electron chi connectivity index (χ4n) is 2.26. The zero-order chi connectivity index (χ0) is 14.6. The van der Waals surface area contributed by atoms with E-state index < -0.39 is 29.2 Å². The van der Waals surface area contributed by atoms with Crippen molar-refractivity contribution in [1.82, 2.24) is 4.90 Å². The average molecular weight is 268 g/mol. The normalized spacial score (nSPS) is 24.7. The van der Waals surface area contributed by atoms with E-state index in [4.69, 9.17) is 15.5 Å². The zero-order valence-electron chi connectivity index (χ0n) is 11.3. The number of nitrogens with zero attached hydrogens (tertiary/aromatic N) is 2. The maximum absolute atomic E-state index is 11.1. The van der Waals surface area contributed by atoms with Gasteiger partial charge in [0, 0.05) is 6.54 Å². The Hall–Kier alpha value is -1.61. The Morgan fingerprint density at radius 2 is 1.89 bits per heavy atom. The van der Waals surface area contributed by atoms with Crippen molar-refractivity contribution in [3.05, 3.63) is 0 Å². The lowest BCUT2D eigenvalue weighted by Gasteiger charge is -2.35. The van der Waals surface area contributed by atoms with Gasteiger partial charge in [-0.2, -0.15) is 5.26 Å². The smallest absolute Gasteiger partial charge is 0.308 e. The minimum absolute atomic E-state index is 0.244. The number of hydrogen-bond acceptors (Lipinski definition) is 4. The number of likely N-dealkylation sites (tertiary alicyclic amines) is 1. The highest BCUT2D eigenvalue weighted by atomic mass is 16.4. The number of hydrogen-bond donors (Lipinski definition) is 2. The van der Waals surface area contributed by atoms with Crippen molar-refractivity contribution >= 4 is 11.9 Å². The molecule has 0 aromatic carbocycles. The van der Waals surface area contributed by atoms with Gasteiger partial charge in [0.2, 0.25) is 0 Å². The Morgan fingerprint density at radius 1 is 1.32 bits per heavy atom. The first kappa shape index (κ1) is 15.4. The second-order valence-corrected chi connectivity index (χ2v) is 5.72. The lowest BCUT2D eigenvalue weighted by atomic mass is 9.84. The quantitative estimate of drug-likeness (QED) is 0.772. The molecule has 1 fully saturated rings. The van der Waals surface area contributed by atoms with Crippen LogP contribution in [0.25, 0.3) is 0 Å². The van der Waals surface area contributed by atoms with Crippen molar-refractivity contribution in [1.29, 1.82) is 5.26 Å². The molecule has 0 bridgehead atoms. The molecule has 6 nitrogen and oxygen atoms in total. The third-order valence-electron chi connectivity index (χ3n) is 3.69. The summed E-state index contributed by atoms with van der Waals surface area (Å²) in [5.41, 5.74) is -0.442. The van der Waals surface area contributed by atoms with Crippen LogP contribution in [0, 0.1) is 28.6 Å². The molecule has 0 radical (unpaired) electrons. The van der Waals surface area contributed by atoms with Crippen molar-refractivity contribution in [2.24, 2.45) is 17.3 Å². The highest BCUT2D eigenvalue weighted by Gasteiger charge is 2.38. The van der Waals surface area contributed by atoms with Crippen LogP contribution < -0.4 is 0 Å². The minimum Gasteiger partial charge on any atom is -0.481 e. The number of aliphatic carboxylic acids is 2. The molecule has 6 heteroatoms. The minimum atomic E-state index is -1.06. The summed E-state index contributed by atoms with van der Waals surface area (Å²) in [5, 5.41) is 27.1. The van der Waals surface area contributed by atoms with Crippen molar-refractivity contribution in [2.45, 2.75) is 26.7 Å². The van der Waals surface area contributed by atoms with Crippen LogP contribution in [0.5, 0.6) is 0 Å². The van der Waals surface area contributed by atoms with Gasteiger partial charge in [-0.15, -0.1) is 0 Å². The van der Waals surface area contributed by atoms with Gasteiger partial charge >= 0.3 is 11.9 Å². The molecular weight excluding hydrogens is 248 g/mol. The van der Waals surface area contributed by atoms with E-state index in [0.29, 0.717) is 25.9 Å². The van der Waals surface area contributed by atoms with E-state index >= 15 is 0 Å². The Morgan fingerprint density at radius 3 is 2.37 bits per heavy atom. The first-order chi connectivity index (χ1) is 8.76. The zero-order valence-corrected chi connectivity index (χ0v) is 11.3. The van der Waals surface area contributed by atoms with E-state index in [9.17, 15) is 9.59 Å². The van der Waals surface area contributed by atoms with Crippen LogP contribution >= 0.6 is 0 Å². The second-order valence-electron chi connectivity index (χ2n) is 5.72. The second kappa shape index (κ2) is 6.02. The van der Waals surface area contributed by atoms with E-state index in [1.54, 1.807) is 0 Å². The number of carbonyl (C=O) groups is 2. The number of carboxylic acids is 2. The van der Waals surface area contributed by atoms with Crippen molar-refractivity contribution in [2.75, 3.05) is 19.6 Å². The molecule has 2 atom stereocenters. The van der Waals surface area contributed by atoms with Crippen LogP contribution in [0.3, 0.4) is 0 Å². The Kier molecular flexibility index (Phi) is 4.90. The molecular formula is C13H20N2O4. The van der Waals surface area contributed by atoms with Gasteiger partial charge < -0.3 is 15.1 Å². The predicted octanol–water partition coefficient (Wildman–Crippen LogP) is 1.03. The Bertz CT molecular complexity index is 400. The van der Waals surface area contributed by atoms with E-state index in [2.05, 4.69) is 6.07 Å². The molecule has 1 saturated heterocycles. The summed E-state index contributed by atoms with van der Waals surface area (Å²) in [4.78, 5) is 24.1. The van der Waals surface area contributed by atoms with E-state index in [0.717, 1.165) is 0 Å². The third kappa shape index (κ3) is 4.21. The van der Waals surface area contributed by atoms with Gasteiger partial charge in [-0.1, -0.05) is 0 Å². The maximum Gasteiger partial charge on any atom is 0.308 e. The van der Waals surface area contributed by atoms with E-state index in [-0.39, 0.29) is 6.54 Å². The van der Waals surface area contributed by atoms with Gasteiger partial charge in [0.1, 0.15) is 0 Å². The predicted molar refractivity (Wildman–Crippen MR) is 67.3 cm³/mol. The van der Waals surface area contributed by atoms with E-state index in [1.165, 1.54) is 0 Å². The molecule has 0 aromatic heterocycles. The van der Waals surface area contributed by atoms with Crippen LogP contribution in [0.4, 0.5) is 0 Å². The summed E-state index contributed by atoms with van der Waals surface area (Å²) in [6.45, 7) is 5.12. The molecule has 1 rings (SSSR count). The Labute approximate surface area is 112 Å². The van der Waals surface area contributed by atoms with Crippen LogP contribution in [0.1, 0.15) is 26.7 Å². The summed E-state index contributed by atoms with van der Waals surface area (Å²) in [7, 11) is 0. The molecule has 1 aliphatic heterocycles. The Balaban J connectivity index is 2.60. The third-order valence-corrected chi connectivity index (χ3v) is 3.69. The largest absolute Gasteiger partial charge is 0.481 e. The number of rotatable bonds is 5. The SMILES string of the molecule is CC(C)(C#N)CCN1CCC(C(=O)O)C(C(=O)O)C1. The van der Waals surface area contributed by atoms with Crippen molar-refractivity contribution in [3.63, 3.8) is 0 Å². The van der Waals surface area contributed by atoms with Gasteiger partial charge in [0.05, 0.1) is 23.3 Å². The lowest BCUT2D eigenvalue weighted by Crippen LogP contribution is -2.47. The number of carboxylic acid groups (broad SMARTS) is 2. The maximum atomic E-state index is 11.1. The molecule has 19 heavy (non-hydrogen) atoms. The van der Waals surface area contributed by atoms with Gasteiger partial charge in [-0.3, -0.25) is 9.59 Å². The first-order valence-electron chi connectivity index (χ1n) is 6.36. The molecule has 1 heterocycles. The molecule has 0 amide bonds. The van der Waals surface area contributed by atoms with Crippen LogP contribution in [0.15, 0.2) is 0 Å². The highest BCUT2D eigenvalue weighted by Crippen LogP contribution is 2.26. The van der Waals surface area contributed by atoms with Gasteiger partial charge in [-0.05, 0) is 39.8 Å². The molecule has 0 saturated carbocycles. The van der Waals surface area contributed by atoms with Crippen LogP contribution in [-0.2, 0) is 9.59 Å². The van der Waals surface area contributed by atoms with Gasteiger partial charge in [0.15, 0.2) is 0 Å². The summed E-state index contributed by atoms with van der Waals surface area (Å²) < 4.78 is 0. The van der Waals surface area contributed by atoms with E-state index in [1.807, 2.05) is 18.7 Å². The summed E-state index contributed by atoms with van der Waals surface area (Å²) >= 11 is 0. The topological polar surface area (TPSA) is 102 Å². The van der Waals surface area contributed by atoms with Gasteiger partial charge in [0.25, 0.3) is 0 Å². The average Bonchev–Trinajstić information content (AvgIpc) is 2.36. The monoisotopic (exact) mass is 268 g/mol. The summed E-state index contributed by atoms with van der Waals surface area (Å²) in [5.74, 6) is -3.77. The summed E-state index contributed by atoms with van der Waals surface area (Å²) in [6.07, 6.45) is 0.993. The highest BCUT2D eigenvalue weighted by molar-refractivity contribution is 5.80. The standard InChI is InChI=1S/C13H20N2O4/c1-13(2,8-14)4-6-15-5-3-9(11(16)17)10(7-15)12(18)19/h9-10H,3-7H2,1-2H3,(H,16,17)(H,18,19). The lowest BCUT2D eigenvalue weighted by molar-refractivity contribution is -0.157. The molecule has 0 aliphatic carbocycles. The fourth-order valence-corrected chi connectivity index (χ4v) is 2.26. The number of piperidine rings is 1. The number of nitriles is 1. The molecule has 0 spiro atoms. The first-order valence-corrected chi connectivity index (χ1v) is 6.36. The molecule has 2 N–H and O–H groups in total. The summed E-state index contributed by atoms with van der Waals surface area (Å²) in [6, 6.07) is 2.20.